The van der Waals surface area contributed by atoms with Gasteiger partial charge >= 0.3 is 0 Å². The van der Waals surface area contributed by atoms with Crippen molar-refractivity contribution >= 4 is 11.5 Å². The molecule has 0 radical (unpaired) electrons. The predicted molar refractivity (Wildman–Crippen MR) is 80.8 cm³/mol. The summed E-state index contributed by atoms with van der Waals surface area (Å²) in [5.41, 5.74) is 8.90. The number of nitrogen functional groups attached to an aromatic ring is 1. The van der Waals surface area contributed by atoms with Crippen molar-refractivity contribution < 1.29 is 4.74 Å². The number of benzene rings is 1. The molecule has 2 rings (SSSR count). The normalized spacial score (nSPS) is 11.9. The second kappa shape index (κ2) is 6.23. The maximum absolute atomic E-state index is 6.02. The van der Waals surface area contributed by atoms with Crippen LogP contribution in [0.1, 0.15) is 31.0 Å². The van der Waals surface area contributed by atoms with Crippen molar-refractivity contribution in [3.63, 3.8) is 0 Å². The standard InChI is InChI=1S/C15H20N4O/c1-4-20-15-13(16)14(17-9-18-15)19-11(3)12-8-6-5-7-10(12)2/h5-9,11H,4,16H2,1-3H3,(H,17,18,19). The van der Waals surface area contributed by atoms with Crippen LogP contribution in [0.25, 0.3) is 0 Å². The summed E-state index contributed by atoms with van der Waals surface area (Å²) in [5.74, 6) is 1.01. The second-order valence-electron chi connectivity index (χ2n) is 4.60. The predicted octanol–water partition coefficient (Wildman–Crippen LogP) is 2.94. The molecule has 0 aliphatic heterocycles. The van der Waals surface area contributed by atoms with E-state index in [0.717, 1.165) is 0 Å². The van der Waals surface area contributed by atoms with Gasteiger partial charge in [0.1, 0.15) is 12.0 Å². The van der Waals surface area contributed by atoms with Crippen molar-refractivity contribution in [3.8, 4) is 5.88 Å². The molecule has 1 unspecified atom stereocenters. The molecular formula is C15H20N4O. The van der Waals surface area contributed by atoms with E-state index in [4.69, 9.17) is 10.5 Å². The molecular weight excluding hydrogens is 252 g/mol. The van der Waals surface area contributed by atoms with Crippen LogP contribution in [-0.2, 0) is 0 Å². The van der Waals surface area contributed by atoms with Gasteiger partial charge in [0.2, 0.25) is 5.88 Å². The molecule has 0 aliphatic rings. The molecule has 1 heterocycles. The lowest BCUT2D eigenvalue weighted by Crippen LogP contribution is -2.12. The van der Waals surface area contributed by atoms with E-state index in [0.29, 0.717) is 24.0 Å². The Balaban J connectivity index is 2.22. The van der Waals surface area contributed by atoms with Crippen LogP contribution < -0.4 is 15.8 Å². The van der Waals surface area contributed by atoms with Crippen LogP contribution in [0.2, 0.25) is 0 Å². The summed E-state index contributed by atoms with van der Waals surface area (Å²) in [7, 11) is 0. The van der Waals surface area contributed by atoms with Crippen molar-refractivity contribution in [3.05, 3.63) is 41.7 Å². The van der Waals surface area contributed by atoms with E-state index >= 15 is 0 Å². The monoisotopic (exact) mass is 272 g/mol. The third kappa shape index (κ3) is 2.99. The summed E-state index contributed by atoms with van der Waals surface area (Å²) in [6.07, 6.45) is 1.45. The average Bonchev–Trinajstić information content (AvgIpc) is 2.44. The second-order valence-corrected chi connectivity index (χ2v) is 4.60. The Hall–Kier alpha value is -2.30. The number of ether oxygens (including phenoxy) is 1. The Bertz CT molecular complexity index is 586. The highest BCUT2D eigenvalue weighted by Crippen LogP contribution is 2.28. The minimum Gasteiger partial charge on any atom is -0.476 e. The molecule has 0 spiro atoms. The zero-order valence-electron chi connectivity index (χ0n) is 12.1. The molecule has 5 nitrogen and oxygen atoms in total. The van der Waals surface area contributed by atoms with Crippen LogP contribution in [0.15, 0.2) is 30.6 Å². The zero-order chi connectivity index (χ0) is 14.5. The molecule has 0 bridgehead atoms. The van der Waals surface area contributed by atoms with Crippen LogP contribution in [0.5, 0.6) is 5.88 Å². The summed E-state index contributed by atoms with van der Waals surface area (Å²) >= 11 is 0. The Labute approximate surface area is 119 Å². The molecule has 3 N–H and O–H groups in total. The molecule has 1 atom stereocenters. The summed E-state index contributed by atoms with van der Waals surface area (Å²) in [4.78, 5) is 8.22. The van der Waals surface area contributed by atoms with Crippen molar-refractivity contribution in [2.24, 2.45) is 0 Å². The van der Waals surface area contributed by atoms with E-state index in [9.17, 15) is 0 Å². The lowest BCUT2D eigenvalue weighted by Gasteiger charge is -2.18. The number of hydrogen-bond acceptors (Lipinski definition) is 5. The van der Waals surface area contributed by atoms with Gasteiger partial charge in [-0.3, -0.25) is 0 Å². The Morgan fingerprint density at radius 2 is 2.05 bits per heavy atom. The van der Waals surface area contributed by atoms with Crippen LogP contribution in [0.4, 0.5) is 11.5 Å². The lowest BCUT2D eigenvalue weighted by molar-refractivity contribution is 0.328. The van der Waals surface area contributed by atoms with Crippen LogP contribution >= 0.6 is 0 Å². The van der Waals surface area contributed by atoms with Crippen LogP contribution in [0, 0.1) is 6.92 Å². The molecule has 1 aromatic heterocycles. The first-order chi connectivity index (χ1) is 9.63. The summed E-state index contributed by atoms with van der Waals surface area (Å²) < 4.78 is 5.37. The van der Waals surface area contributed by atoms with Crippen molar-refractivity contribution in [2.45, 2.75) is 26.8 Å². The summed E-state index contributed by atoms with van der Waals surface area (Å²) in [6, 6.07) is 8.33. The highest BCUT2D eigenvalue weighted by atomic mass is 16.5. The van der Waals surface area contributed by atoms with Gasteiger partial charge in [-0.15, -0.1) is 0 Å². The molecule has 0 saturated carbocycles. The molecule has 5 heteroatoms. The Kier molecular flexibility index (Phi) is 4.40. The molecule has 2 aromatic rings. The fourth-order valence-corrected chi connectivity index (χ4v) is 2.10. The van der Waals surface area contributed by atoms with E-state index in [2.05, 4.69) is 41.3 Å². The third-order valence-corrected chi connectivity index (χ3v) is 3.14. The van der Waals surface area contributed by atoms with Gasteiger partial charge in [0, 0.05) is 0 Å². The van der Waals surface area contributed by atoms with Gasteiger partial charge in [0.05, 0.1) is 12.6 Å². The molecule has 1 aromatic carbocycles. The third-order valence-electron chi connectivity index (χ3n) is 3.14. The molecule has 0 aliphatic carbocycles. The number of nitrogens with zero attached hydrogens (tertiary/aromatic N) is 2. The highest BCUT2D eigenvalue weighted by molar-refractivity contribution is 5.67. The Morgan fingerprint density at radius 3 is 2.75 bits per heavy atom. The van der Waals surface area contributed by atoms with Gasteiger partial charge in [-0.05, 0) is 31.9 Å². The van der Waals surface area contributed by atoms with E-state index < -0.39 is 0 Å². The first-order valence-corrected chi connectivity index (χ1v) is 6.68. The van der Waals surface area contributed by atoms with Gasteiger partial charge in [-0.1, -0.05) is 24.3 Å². The topological polar surface area (TPSA) is 73.1 Å². The maximum atomic E-state index is 6.02. The number of anilines is 2. The summed E-state index contributed by atoms with van der Waals surface area (Å²) in [5, 5.41) is 3.31. The van der Waals surface area contributed by atoms with Crippen molar-refractivity contribution in [1.82, 2.24) is 9.97 Å². The number of aryl methyl sites for hydroxylation is 1. The smallest absolute Gasteiger partial charge is 0.242 e. The van der Waals surface area contributed by atoms with E-state index in [-0.39, 0.29) is 6.04 Å². The fourth-order valence-electron chi connectivity index (χ4n) is 2.10. The minimum atomic E-state index is 0.0999. The average molecular weight is 272 g/mol. The largest absolute Gasteiger partial charge is 0.476 e. The lowest BCUT2D eigenvalue weighted by atomic mass is 10.0. The molecule has 0 saturated heterocycles. The zero-order valence-corrected chi connectivity index (χ0v) is 12.1. The quantitative estimate of drug-likeness (QED) is 0.875. The SMILES string of the molecule is CCOc1ncnc(NC(C)c2ccccc2C)c1N. The van der Waals surface area contributed by atoms with Crippen molar-refractivity contribution in [2.75, 3.05) is 17.7 Å². The van der Waals surface area contributed by atoms with Gasteiger partial charge < -0.3 is 15.8 Å². The fraction of sp³-hybridized carbons (Fsp3) is 0.333. The van der Waals surface area contributed by atoms with Gasteiger partial charge in [0.15, 0.2) is 5.82 Å². The van der Waals surface area contributed by atoms with E-state index in [1.54, 1.807) is 0 Å². The molecule has 0 fully saturated rings. The molecule has 106 valence electrons. The highest BCUT2D eigenvalue weighted by Gasteiger charge is 2.13. The first-order valence-electron chi connectivity index (χ1n) is 6.68. The molecule has 20 heavy (non-hydrogen) atoms. The van der Waals surface area contributed by atoms with E-state index in [1.165, 1.54) is 17.5 Å². The molecule has 0 amide bonds. The number of hydrogen-bond donors (Lipinski definition) is 2. The van der Waals surface area contributed by atoms with Gasteiger partial charge in [-0.25, -0.2) is 4.98 Å². The van der Waals surface area contributed by atoms with E-state index in [1.807, 2.05) is 19.1 Å². The Morgan fingerprint density at radius 1 is 1.30 bits per heavy atom. The van der Waals surface area contributed by atoms with Gasteiger partial charge in [-0.2, -0.15) is 4.98 Å². The number of nitrogens with two attached hydrogens (primary N) is 1. The van der Waals surface area contributed by atoms with Crippen LogP contribution in [0.3, 0.4) is 0 Å². The number of aromatic nitrogens is 2. The number of nitrogens with one attached hydrogen (secondary N) is 1. The maximum Gasteiger partial charge on any atom is 0.242 e. The van der Waals surface area contributed by atoms with Crippen molar-refractivity contribution in [1.29, 1.82) is 0 Å². The minimum absolute atomic E-state index is 0.0999. The number of rotatable bonds is 5. The first kappa shape index (κ1) is 14.1. The van der Waals surface area contributed by atoms with Crippen LogP contribution in [-0.4, -0.2) is 16.6 Å². The summed E-state index contributed by atoms with van der Waals surface area (Å²) in [6.45, 7) is 6.57. The van der Waals surface area contributed by atoms with Gasteiger partial charge in [0.25, 0.3) is 0 Å².